The van der Waals surface area contributed by atoms with Crippen LogP contribution in [0.1, 0.15) is 59.1 Å². The predicted octanol–water partition coefficient (Wildman–Crippen LogP) is 2.73. The summed E-state index contributed by atoms with van der Waals surface area (Å²) >= 11 is 0. The van der Waals surface area contributed by atoms with Crippen LogP contribution in [0, 0.1) is 12.3 Å². The van der Waals surface area contributed by atoms with E-state index in [-0.39, 0.29) is 29.0 Å². The van der Waals surface area contributed by atoms with Gasteiger partial charge in [0.2, 0.25) is 0 Å². The Bertz CT molecular complexity index is 903. The van der Waals surface area contributed by atoms with Gasteiger partial charge < -0.3 is 15.3 Å². The normalized spacial score (nSPS) is 18.5. The minimum Gasteiger partial charge on any atom is -0.508 e. The van der Waals surface area contributed by atoms with Crippen molar-refractivity contribution < 1.29 is 14.7 Å². The zero-order valence-corrected chi connectivity index (χ0v) is 17.0. The number of nitrogens with zero attached hydrogens (tertiary/aromatic N) is 3. The first kappa shape index (κ1) is 19.5. The predicted molar refractivity (Wildman–Crippen MR) is 109 cm³/mol. The Balaban J connectivity index is 1.27. The highest BCUT2D eigenvalue weighted by Gasteiger charge is 2.47. The number of phenolic OH excluding ortho intramolecular Hbond substituents is 1. The number of hydrogen-bond acceptors (Lipinski definition) is 4. The average molecular weight is 396 g/mol. The van der Waals surface area contributed by atoms with Crippen LogP contribution in [-0.2, 0) is 6.54 Å². The van der Waals surface area contributed by atoms with Gasteiger partial charge >= 0.3 is 0 Å². The maximum Gasteiger partial charge on any atom is 0.274 e. The van der Waals surface area contributed by atoms with Crippen LogP contribution in [0.5, 0.6) is 5.75 Å². The first-order chi connectivity index (χ1) is 13.9. The molecule has 7 heteroatoms. The Kier molecular flexibility index (Phi) is 5.06. The van der Waals surface area contributed by atoms with Crippen molar-refractivity contribution in [3.8, 4) is 5.75 Å². The van der Waals surface area contributed by atoms with Gasteiger partial charge in [-0.15, -0.1) is 0 Å². The topological polar surface area (TPSA) is 87.5 Å². The Hall–Kier alpha value is -2.83. The highest BCUT2D eigenvalue weighted by molar-refractivity contribution is 5.94. The van der Waals surface area contributed by atoms with E-state index in [9.17, 15) is 14.7 Å². The summed E-state index contributed by atoms with van der Waals surface area (Å²) in [5.74, 6) is 0.0769. The Labute approximate surface area is 170 Å². The summed E-state index contributed by atoms with van der Waals surface area (Å²) in [5, 5.41) is 16.8. The fourth-order valence-corrected chi connectivity index (χ4v) is 4.66. The second kappa shape index (κ2) is 7.54. The molecular weight excluding hydrogens is 368 g/mol. The Morgan fingerprint density at radius 2 is 1.86 bits per heavy atom. The molecule has 2 N–H and O–H groups in total. The summed E-state index contributed by atoms with van der Waals surface area (Å²) in [5.41, 5.74) is 2.34. The number of amides is 2. The first-order valence-electron chi connectivity index (χ1n) is 10.3. The number of benzene rings is 1. The lowest BCUT2D eigenvalue weighted by molar-refractivity contribution is 0.00840. The molecule has 1 aromatic heterocycles. The molecule has 1 spiro atoms. The van der Waals surface area contributed by atoms with Crippen LogP contribution in [0.25, 0.3) is 0 Å². The van der Waals surface area contributed by atoms with Crippen molar-refractivity contribution >= 4 is 11.8 Å². The summed E-state index contributed by atoms with van der Waals surface area (Å²) in [4.78, 5) is 27.0. The number of aromatic hydroxyl groups is 1. The third kappa shape index (κ3) is 3.86. The molecule has 0 unspecified atom stereocenters. The van der Waals surface area contributed by atoms with Gasteiger partial charge in [-0.05, 0) is 75.3 Å². The van der Waals surface area contributed by atoms with E-state index < -0.39 is 0 Å². The average Bonchev–Trinajstić information content (AvgIpc) is 3.08. The van der Waals surface area contributed by atoms with Crippen LogP contribution >= 0.6 is 0 Å². The molecule has 1 saturated carbocycles. The summed E-state index contributed by atoms with van der Waals surface area (Å²) in [6.07, 6.45) is 3.86. The number of phenols is 1. The zero-order valence-electron chi connectivity index (χ0n) is 17.0. The molecular formula is C22H28N4O3. The lowest BCUT2D eigenvalue weighted by atomic mass is 9.60. The SMILES string of the molecule is CCn1nc(C(=O)N2CCC3(CC2)CC(NC(=O)c2ccc(O)cc2)C3)cc1C. The van der Waals surface area contributed by atoms with Gasteiger partial charge in [-0.2, -0.15) is 5.10 Å². The van der Waals surface area contributed by atoms with Crippen LogP contribution < -0.4 is 5.32 Å². The van der Waals surface area contributed by atoms with Crippen molar-refractivity contribution in [3.63, 3.8) is 0 Å². The maximum absolute atomic E-state index is 12.8. The number of nitrogens with one attached hydrogen (secondary N) is 1. The number of likely N-dealkylation sites (tertiary alicyclic amines) is 1. The minimum atomic E-state index is -0.0978. The first-order valence-corrected chi connectivity index (χ1v) is 10.3. The number of carbonyl (C=O) groups excluding carboxylic acids is 2. The van der Waals surface area contributed by atoms with Gasteiger partial charge in [-0.1, -0.05) is 0 Å². The van der Waals surface area contributed by atoms with E-state index in [1.165, 1.54) is 12.1 Å². The van der Waals surface area contributed by atoms with E-state index in [0.717, 1.165) is 51.0 Å². The number of piperidine rings is 1. The monoisotopic (exact) mass is 396 g/mol. The second-order valence-corrected chi connectivity index (χ2v) is 8.40. The number of rotatable bonds is 4. The van der Waals surface area contributed by atoms with Crippen molar-refractivity contribution in [1.29, 1.82) is 0 Å². The largest absolute Gasteiger partial charge is 0.508 e. The smallest absolute Gasteiger partial charge is 0.274 e. The van der Waals surface area contributed by atoms with E-state index >= 15 is 0 Å². The summed E-state index contributed by atoms with van der Waals surface area (Å²) < 4.78 is 1.85. The van der Waals surface area contributed by atoms with Crippen LogP contribution in [-0.4, -0.2) is 50.7 Å². The zero-order chi connectivity index (χ0) is 20.6. The lowest BCUT2D eigenvalue weighted by Crippen LogP contribution is -2.55. The number of hydrogen-bond donors (Lipinski definition) is 2. The molecule has 0 bridgehead atoms. The highest BCUT2D eigenvalue weighted by Crippen LogP contribution is 2.49. The van der Waals surface area contributed by atoms with Crippen LogP contribution in [0.3, 0.4) is 0 Å². The molecule has 1 aliphatic carbocycles. The van der Waals surface area contributed by atoms with Gasteiger partial charge in [0.15, 0.2) is 5.69 Å². The fraction of sp³-hybridized carbons (Fsp3) is 0.500. The summed E-state index contributed by atoms with van der Waals surface area (Å²) in [6.45, 7) is 6.25. The van der Waals surface area contributed by atoms with Gasteiger partial charge in [0.25, 0.3) is 11.8 Å². The van der Waals surface area contributed by atoms with E-state index in [4.69, 9.17) is 0 Å². The van der Waals surface area contributed by atoms with Crippen LogP contribution in [0.2, 0.25) is 0 Å². The third-order valence-electron chi connectivity index (χ3n) is 6.43. The Morgan fingerprint density at radius 3 is 2.45 bits per heavy atom. The molecule has 1 aromatic carbocycles. The van der Waals surface area contributed by atoms with Gasteiger partial charge in [-0.3, -0.25) is 14.3 Å². The summed E-state index contributed by atoms with van der Waals surface area (Å²) in [7, 11) is 0. The van der Waals surface area contributed by atoms with Crippen molar-refractivity contribution in [3.05, 3.63) is 47.3 Å². The van der Waals surface area contributed by atoms with Crippen molar-refractivity contribution in [1.82, 2.24) is 20.0 Å². The number of carbonyl (C=O) groups is 2. The van der Waals surface area contributed by atoms with Gasteiger partial charge in [0.05, 0.1) is 0 Å². The van der Waals surface area contributed by atoms with E-state index in [1.54, 1.807) is 12.1 Å². The van der Waals surface area contributed by atoms with E-state index in [0.29, 0.717) is 11.3 Å². The second-order valence-electron chi connectivity index (χ2n) is 8.40. The molecule has 2 amide bonds. The quantitative estimate of drug-likeness (QED) is 0.832. The van der Waals surface area contributed by atoms with Gasteiger partial charge in [0, 0.05) is 36.9 Å². The molecule has 2 fully saturated rings. The molecule has 7 nitrogen and oxygen atoms in total. The molecule has 0 radical (unpaired) electrons. The molecule has 29 heavy (non-hydrogen) atoms. The minimum absolute atomic E-state index is 0.0201. The summed E-state index contributed by atoms with van der Waals surface area (Å²) in [6, 6.07) is 8.36. The molecule has 1 aliphatic heterocycles. The van der Waals surface area contributed by atoms with Crippen LogP contribution in [0.4, 0.5) is 0 Å². The third-order valence-corrected chi connectivity index (χ3v) is 6.43. The highest BCUT2D eigenvalue weighted by atomic mass is 16.3. The molecule has 2 aromatic rings. The molecule has 1 saturated heterocycles. The van der Waals surface area contributed by atoms with Gasteiger partial charge in [0.1, 0.15) is 5.75 Å². The molecule has 154 valence electrons. The number of aryl methyl sites for hydroxylation is 2. The maximum atomic E-state index is 12.8. The number of aromatic nitrogens is 2. The molecule has 2 heterocycles. The van der Waals surface area contributed by atoms with Gasteiger partial charge in [-0.25, -0.2) is 0 Å². The van der Waals surface area contributed by atoms with E-state index in [2.05, 4.69) is 10.4 Å². The van der Waals surface area contributed by atoms with E-state index in [1.807, 2.05) is 29.5 Å². The van der Waals surface area contributed by atoms with Crippen molar-refractivity contribution in [2.24, 2.45) is 5.41 Å². The van der Waals surface area contributed by atoms with Crippen molar-refractivity contribution in [2.45, 2.75) is 52.1 Å². The van der Waals surface area contributed by atoms with Crippen LogP contribution in [0.15, 0.2) is 30.3 Å². The Morgan fingerprint density at radius 1 is 1.21 bits per heavy atom. The molecule has 2 aliphatic rings. The molecule has 4 rings (SSSR count). The molecule has 0 atom stereocenters. The van der Waals surface area contributed by atoms with Crippen molar-refractivity contribution in [2.75, 3.05) is 13.1 Å². The lowest BCUT2D eigenvalue weighted by Gasteiger charge is -2.52. The fourth-order valence-electron chi connectivity index (χ4n) is 4.66. The standard InChI is InChI=1S/C22H28N4O3/c1-3-26-15(2)12-19(24-26)21(29)25-10-8-22(9-11-25)13-17(14-22)23-20(28)16-4-6-18(27)7-5-16/h4-7,12,17,27H,3,8-11,13-14H2,1-2H3,(H,23,28).